The summed E-state index contributed by atoms with van der Waals surface area (Å²) in [5.41, 5.74) is 0. The van der Waals surface area contributed by atoms with Gasteiger partial charge in [0.25, 0.3) is 0 Å². The van der Waals surface area contributed by atoms with Crippen molar-refractivity contribution in [2.75, 3.05) is 0 Å². The van der Waals surface area contributed by atoms with Gasteiger partial charge < -0.3 is 14.9 Å². The lowest BCUT2D eigenvalue weighted by atomic mass is 10.1. The van der Waals surface area contributed by atoms with Gasteiger partial charge in [0.1, 0.15) is 0 Å². The molecule has 0 aromatic carbocycles. The summed E-state index contributed by atoms with van der Waals surface area (Å²) in [4.78, 5) is 31.5. The summed E-state index contributed by atoms with van der Waals surface area (Å²) in [6, 6.07) is 0. The van der Waals surface area contributed by atoms with Crippen LogP contribution in [0.4, 0.5) is 0 Å². The van der Waals surface area contributed by atoms with Gasteiger partial charge in [-0.2, -0.15) is 0 Å². The smallest absolute Gasteiger partial charge is 0.371 e. The van der Waals surface area contributed by atoms with E-state index in [1.165, 1.54) is 0 Å². The van der Waals surface area contributed by atoms with Crippen LogP contribution in [-0.4, -0.2) is 34.0 Å². The van der Waals surface area contributed by atoms with Gasteiger partial charge in [-0.05, 0) is 0 Å². The summed E-state index contributed by atoms with van der Waals surface area (Å²) in [6.07, 6.45) is -0.933. The Balaban J connectivity index is 2.85. The molecule has 1 heterocycles. The standard InChI is InChI=1S/C7H6O6/c8-3-1-4(6(9)10)13-5(2-3)7(11)12/h1,5H,2H2,(H,9,10)(H,11,12). The highest BCUT2D eigenvalue weighted by Crippen LogP contribution is 2.14. The number of hydrogen-bond donors (Lipinski definition) is 2. The van der Waals surface area contributed by atoms with Gasteiger partial charge in [-0.1, -0.05) is 0 Å². The minimum atomic E-state index is -1.45. The molecule has 0 spiro atoms. The quantitative estimate of drug-likeness (QED) is 0.597. The molecule has 0 bridgehead atoms. The number of allylic oxidation sites excluding steroid dienone is 1. The van der Waals surface area contributed by atoms with Crippen molar-refractivity contribution >= 4 is 17.7 Å². The second-order valence-corrected chi connectivity index (χ2v) is 2.43. The zero-order chi connectivity index (χ0) is 10.0. The Morgan fingerprint density at radius 1 is 1.46 bits per heavy atom. The Morgan fingerprint density at radius 2 is 2.08 bits per heavy atom. The normalized spacial score (nSPS) is 21.7. The van der Waals surface area contributed by atoms with Crippen LogP contribution in [0.5, 0.6) is 0 Å². The summed E-state index contributed by atoms with van der Waals surface area (Å²) in [7, 11) is 0. The third-order valence-corrected chi connectivity index (χ3v) is 1.43. The van der Waals surface area contributed by atoms with E-state index in [2.05, 4.69) is 4.74 Å². The number of carbonyl (C=O) groups is 3. The summed E-state index contributed by atoms with van der Waals surface area (Å²) in [6.45, 7) is 0. The lowest BCUT2D eigenvalue weighted by Crippen LogP contribution is -2.31. The molecule has 1 rings (SSSR count). The highest BCUT2D eigenvalue weighted by atomic mass is 16.5. The summed E-state index contributed by atoms with van der Waals surface area (Å²) in [5.74, 6) is -3.97. The van der Waals surface area contributed by atoms with E-state index < -0.39 is 29.6 Å². The Morgan fingerprint density at radius 3 is 2.54 bits per heavy atom. The Labute approximate surface area is 72.4 Å². The first-order valence-electron chi connectivity index (χ1n) is 3.38. The van der Waals surface area contributed by atoms with Crippen LogP contribution < -0.4 is 0 Å². The number of carboxylic acids is 2. The van der Waals surface area contributed by atoms with Gasteiger partial charge in [0, 0.05) is 6.08 Å². The molecule has 1 aliphatic heterocycles. The number of ketones is 1. The second-order valence-electron chi connectivity index (χ2n) is 2.43. The van der Waals surface area contributed by atoms with Crippen molar-refractivity contribution in [1.82, 2.24) is 0 Å². The highest BCUT2D eigenvalue weighted by Gasteiger charge is 2.30. The molecule has 6 heteroatoms. The Hall–Kier alpha value is -1.85. The van der Waals surface area contributed by atoms with Crippen LogP contribution in [0.25, 0.3) is 0 Å². The van der Waals surface area contributed by atoms with E-state index in [0.29, 0.717) is 0 Å². The van der Waals surface area contributed by atoms with Gasteiger partial charge in [0.15, 0.2) is 5.78 Å². The van der Waals surface area contributed by atoms with E-state index in [9.17, 15) is 14.4 Å². The summed E-state index contributed by atoms with van der Waals surface area (Å²) >= 11 is 0. The van der Waals surface area contributed by atoms with Crippen LogP contribution >= 0.6 is 0 Å². The molecule has 1 unspecified atom stereocenters. The molecule has 0 saturated carbocycles. The summed E-state index contributed by atoms with van der Waals surface area (Å²) in [5, 5.41) is 16.9. The molecule has 0 radical (unpaired) electrons. The fourth-order valence-electron chi connectivity index (χ4n) is 0.867. The lowest BCUT2D eigenvalue weighted by molar-refractivity contribution is -0.154. The van der Waals surface area contributed by atoms with Crippen molar-refractivity contribution in [3.8, 4) is 0 Å². The minimum absolute atomic E-state index is 0.327. The fraction of sp³-hybridized carbons (Fsp3) is 0.286. The molecule has 0 amide bonds. The van der Waals surface area contributed by atoms with E-state index in [4.69, 9.17) is 10.2 Å². The van der Waals surface area contributed by atoms with Gasteiger partial charge in [0.05, 0.1) is 6.42 Å². The molecule has 0 aromatic heterocycles. The third-order valence-electron chi connectivity index (χ3n) is 1.43. The van der Waals surface area contributed by atoms with Crippen molar-refractivity contribution in [3.05, 3.63) is 11.8 Å². The van der Waals surface area contributed by atoms with Gasteiger partial charge in [-0.25, -0.2) is 9.59 Å². The molecule has 0 fully saturated rings. The first-order chi connectivity index (χ1) is 6.00. The van der Waals surface area contributed by atoms with E-state index in [1.807, 2.05) is 0 Å². The number of rotatable bonds is 2. The van der Waals surface area contributed by atoms with Crippen molar-refractivity contribution in [2.24, 2.45) is 0 Å². The Kier molecular flexibility index (Phi) is 2.32. The molecule has 2 N–H and O–H groups in total. The number of ether oxygens (including phenoxy) is 1. The van der Waals surface area contributed by atoms with Crippen LogP contribution in [0.3, 0.4) is 0 Å². The monoisotopic (exact) mass is 186 g/mol. The predicted molar refractivity (Wildman–Crippen MR) is 37.9 cm³/mol. The van der Waals surface area contributed by atoms with E-state index in [1.54, 1.807) is 0 Å². The molecule has 13 heavy (non-hydrogen) atoms. The van der Waals surface area contributed by atoms with Crippen LogP contribution in [-0.2, 0) is 19.1 Å². The zero-order valence-corrected chi connectivity index (χ0v) is 6.39. The first kappa shape index (κ1) is 9.24. The first-order valence-corrected chi connectivity index (χ1v) is 3.38. The Bertz CT molecular complexity index is 302. The van der Waals surface area contributed by atoms with Gasteiger partial charge in [0.2, 0.25) is 11.9 Å². The molecule has 6 nitrogen and oxygen atoms in total. The van der Waals surface area contributed by atoms with Crippen LogP contribution in [0.1, 0.15) is 6.42 Å². The largest absolute Gasteiger partial charge is 0.478 e. The molecule has 70 valence electrons. The average Bonchev–Trinajstić information content (AvgIpc) is 2.03. The molecule has 0 aliphatic carbocycles. The van der Waals surface area contributed by atoms with E-state index in [-0.39, 0.29) is 6.42 Å². The molecule has 0 saturated heterocycles. The number of hydrogen-bond acceptors (Lipinski definition) is 4. The van der Waals surface area contributed by atoms with Gasteiger partial charge in [-0.15, -0.1) is 0 Å². The number of carbonyl (C=O) groups excluding carboxylic acids is 1. The fourth-order valence-corrected chi connectivity index (χ4v) is 0.867. The predicted octanol–water partition coefficient (Wildman–Crippen LogP) is -0.603. The van der Waals surface area contributed by atoms with Gasteiger partial charge in [-0.3, -0.25) is 4.79 Å². The second kappa shape index (κ2) is 3.26. The van der Waals surface area contributed by atoms with Crippen molar-refractivity contribution in [2.45, 2.75) is 12.5 Å². The maximum atomic E-state index is 10.8. The summed E-state index contributed by atoms with van der Waals surface area (Å²) < 4.78 is 4.52. The maximum absolute atomic E-state index is 10.8. The van der Waals surface area contributed by atoms with E-state index in [0.717, 1.165) is 6.08 Å². The third kappa shape index (κ3) is 2.05. The molecule has 1 atom stereocenters. The van der Waals surface area contributed by atoms with Gasteiger partial charge >= 0.3 is 11.9 Å². The maximum Gasteiger partial charge on any atom is 0.371 e. The van der Waals surface area contributed by atoms with Crippen molar-refractivity contribution < 1.29 is 29.3 Å². The van der Waals surface area contributed by atoms with Crippen molar-refractivity contribution in [1.29, 1.82) is 0 Å². The number of carboxylic acid groups (broad SMARTS) is 2. The minimum Gasteiger partial charge on any atom is -0.478 e. The zero-order valence-electron chi connectivity index (χ0n) is 6.39. The molecule has 0 aromatic rings. The highest BCUT2D eigenvalue weighted by molar-refractivity contribution is 6.00. The molecular weight excluding hydrogens is 180 g/mol. The van der Waals surface area contributed by atoms with E-state index >= 15 is 0 Å². The lowest BCUT2D eigenvalue weighted by Gasteiger charge is -2.17. The van der Waals surface area contributed by atoms with Crippen LogP contribution in [0.2, 0.25) is 0 Å². The topological polar surface area (TPSA) is 101 Å². The van der Waals surface area contributed by atoms with Crippen LogP contribution in [0.15, 0.2) is 11.8 Å². The number of aliphatic carboxylic acids is 2. The average molecular weight is 186 g/mol. The SMILES string of the molecule is O=C1C=C(C(=O)O)OC(C(=O)O)C1. The molecular formula is C7H6O6. The van der Waals surface area contributed by atoms with Crippen molar-refractivity contribution in [3.63, 3.8) is 0 Å². The molecule has 1 aliphatic rings. The van der Waals surface area contributed by atoms with Crippen LogP contribution in [0, 0.1) is 0 Å².